The number of benzene rings is 2. The van der Waals surface area contributed by atoms with Crippen molar-refractivity contribution in [2.24, 2.45) is 12.5 Å². The first kappa shape index (κ1) is 55.9. The number of hydrogen-bond acceptors (Lipinski definition) is 16. The number of aromatic nitrogens is 7. The lowest BCUT2D eigenvalue weighted by molar-refractivity contribution is -0.144. The maximum atomic E-state index is 14.1. The second-order valence-corrected chi connectivity index (χ2v) is 20.7. The van der Waals surface area contributed by atoms with Crippen molar-refractivity contribution in [3.63, 3.8) is 0 Å². The van der Waals surface area contributed by atoms with Crippen LogP contribution in [0.15, 0.2) is 78.7 Å². The molecule has 21 nitrogen and oxygen atoms in total. The normalized spacial score (nSPS) is 15.1. The molecule has 4 atom stereocenters. The molecule has 0 aliphatic carbocycles. The lowest BCUT2D eigenvalue weighted by atomic mass is 9.85. The maximum absolute atomic E-state index is 14.1. The van der Waals surface area contributed by atoms with Gasteiger partial charge in [-0.2, -0.15) is 5.10 Å². The lowest BCUT2D eigenvalue weighted by Gasteiger charge is -2.35. The van der Waals surface area contributed by atoms with Gasteiger partial charge >= 0.3 is 0 Å². The van der Waals surface area contributed by atoms with Crippen LogP contribution in [-0.2, 0) is 21.4 Å². The van der Waals surface area contributed by atoms with Crippen molar-refractivity contribution >= 4 is 63.9 Å². The number of aliphatic hydroxyl groups is 1. The quantitative estimate of drug-likeness (QED) is 0.0326. The number of methoxy groups -OCH3 is 1. The summed E-state index contributed by atoms with van der Waals surface area (Å²) in [6.07, 6.45) is 7.48. The van der Waals surface area contributed by atoms with Crippen molar-refractivity contribution in [2.45, 2.75) is 110 Å². The number of aliphatic hydroxyl groups excluding tert-OH is 1. The summed E-state index contributed by atoms with van der Waals surface area (Å²) in [5.41, 5.74) is 6.02. The monoisotopic (exact) mass is 1060 g/mol. The summed E-state index contributed by atoms with van der Waals surface area (Å²) in [6.45, 7) is 9.95. The topological polar surface area (TPSA) is 272 Å². The predicted octanol–water partition coefficient (Wildman–Crippen LogP) is 6.79. The van der Waals surface area contributed by atoms with Gasteiger partial charge in [0.25, 0.3) is 11.8 Å². The highest BCUT2D eigenvalue weighted by atomic mass is 32.1. The lowest BCUT2D eigenvalue weighted by Crippen LogP contribution is -2.57. The minimum absolute atomic E-state index is 0.000608. The maximum Gasteiger partial charge on any atom is 0.273 e. The van der Waals surface area contributed by atoms with Crippen molar-refractivity contribution in [1.29, 1.82) is 0 Å². The molecule has 1 fully saturated rings. The molecule has 5 heterocycles. The van der Waals surface area contributed by atoms with E-state index in [1.165, 1.54) is 25.3 Å². The number of para-hydroxylation sites is 1. The highest BCUT2D eigenvalue weighted by molar-refractivity contribution is 7.13. The number of nitrogens with zero attached hydrogens (tertiary/aromatic N) is 8. The van der Waals surface area contributed by atoms with Crippen LogP contribution in [0.1, 0.15) is 117 Å². The largest absolute Gasteiger partial charge is 0.494 e. The number of ether oxygens (including phenoxy) is 1. The Morgan fingerprint density at radius 2 is 1.62 bits per heavy atom. The van der Waals surface area contributed by atoms with E-state index in [1.807, 2.05) is 76.5 Å². The van der Waals surface area contributed by atoms with Gasteiger partial charge in [0.05, 0.1) is 57.8 Å². The van der Waals surface area contributed by atoms with E-state index in [0.717, 1.165) is 53.8 Å². The fourth-order valence-electron chi connectivity index (χ4n) is 8.88. The average molecular weight is 1060 g/mol. The molecule has 0 bridgehead atoms. The molecule has 0 saturated carbocycles. The zero-order valence-electron chi connectivity index (χ0n) is 44.3. The number of unbranched alkanes of at least 4 members (excludes halogenated alkanes) is 5. The fourth-order valence-corrected chi connectivity index (χ4v) is 9.69. The number of carbonyl (C=O) groups is 5. The molecule has 1 aliphatic heterocycles. The van der Waals surface area contributed by atoms with Gasteiger partial charge in [-0.05, 0) is 67.5 Å². The second-order valence-electron chi connectivity index (χ2n) is 19.9. The van der Waals surface area contributed by atoms with Crippen LogP contribution in [0.3, 0.4) is 0 Å². The van der Waals surface area contributed by atoms with Crippen molar-refractivity contribution < 1.29 is 33.8 Å². The Morgan fingerprint density at radius 3 is 2.28 bits per heavy atom. The molecule has 4 aromatic heterocycles. The molecule has 7 rings (SSSR count). The Bertz CT molecular complexity index is 2980. The molecular weight excluding hydrogens is 989 g/mol. The Morgan fingerprint density at radius 1 is 0.868 bits per heavy atom. The number of carbonyl (C=O) groups excluding carboxylic acids is 5. The molecule has 402 valence electrons. The first-order valence-electron chi connectivity index (χ1n) is 25.4. The number of hydrogen-bond donors (Lipinski definition) is 7. The summed E-state index contributed by atoms with van der Waals surface area (Å²) in [4.78, 5) is 82.4. The molecule has 5 amide bonds. The minimum atomic E-state index is -0.897. The van der Waals surface area contributed by atoms with E-state index in [4.69, 9.17) is 4.74 Å². The van der Waals surface area contributed by atoms with Crippen molar-refractivity contribution in [3.05, 3.63) is 101 Å². The number of β-amino-alcohol motifs (C(OH)–C–C–N with tert-alkyl or cyclic N) is 1. The number of nitrogens with one attached hydrogen (secondary N) is 6. The molecule has 22 heteroatoms. The average Bonchev–Trinajstić information content (AvgIpc) is 4.16. The number of rotatable bonds is 23. The summed E-state index contributed by atoms with van der Waals surface area (Å²) in [7, 11) is 4.80. The van der Waals surface area contributed by atoms with E-state index in [9.17, 15) is 29.1 Å². The van der Waals surface area contributed by atoms with Crippen LogP contribution in [0.5, 0.6) is 5.75 Å². The third-order valence-corrected chi connectivity index (χ3v) is 14.0. The molecule has 6 aromatic rings. The number of likely N-dealkylation sites (tertiary alicyclic amines) is 1. The molecule has 0 radical (unpaired) electrons. The van der Waals surface area contributed by atoms with Gasteiger partial charge in [-0.3, -0.25) is 28.7 Å². The van der Waals surface area contributed by atoms with Crippen LogP contribution in [0.25, 0.3) is 21.8 Å². The van der Waals surface area contributed by atoms with Gasteiger partial charge in [-0.25, -0.2) is 15.0 Å². The first-order valence-corrected chi connectivity index (χ1v) is 26.3. The zero-order valence-corrected chi connectivity index (χ0v) is 45.1. The van der Waals surface area contributed by atoms with E-state index in [1.54, 1.807) is 53.7 Å². The van der Waals surface area contributed by atoms with Gasteiger partial charge in [0, 0.05) is 52.3 Å². The van der Waals surface area contributed by atoms with E-state index in [-0.39, 0.29) is 54.7 Å². The molecule has 7 N–H and O–H groups in total. The Labute approximate surface area is 446 Å². The zero-order chi connectivity index (χ0) is 54.5. The fraction of sp³-hybridized carbons (Fsp3) is 0.426. The molecule has 2 aromatic carbocycles. The smallest absolute Gasteiger partial charge is 0.273 e. The molecule has 1 unspecified atom stereocenters. The van der Waals surface area contributed by atoms with Crippen LogP contribution < -0.4 is 36.6 Å². The van der Waals surface area contributed by atoms with Crippen LogP contribution in [0, 0.1) is 12.3 Å². The van der Waals surface area contributed by atoms with Gasteiger partial charge in [-0.15, -0.1) is 21.5 Å². The summed E-state index contributed by atoms with van der Waals surface area (Å²) in [5, 5.41) is 41.3. The van der Waals surface area contributed by atoms with Gasteiger partial charge < -0.3 is 46.6 Å². The minimum Gasteiger partial charge on any atom is -0.494 e. The van der Waals surface area contributed by atoms with Crippen molar-refractivity contribution in [2.75, 3.05) is 37.9 Å². The molecule has 1 aliphatic rings. The first-order chi connectivity index (χ1) is 36.4. The van der Waals surface area contributed by atoms with Gasteiger partial charge in [-0.1, -0.05) is 76.8 Å². The third-order valence-electron chi connectivity index (χ3n) is 13.0. The summed E-state index contributed by atoms with van der Waals surface area (Å²) < 4.78 is 7.33. The number of thiazole rings is 1. The number of pyridine rings is 1. The Hall–Kier alpha value is -7.85. The summed E-state index contributed by atoms with van der Waals surface area (Å²) in [6, 6.07) is 16.2. The van der Waals surface area contributed by atoms with E-state index in [2.05, 4.69) is 62.1 Å². The van der Waals surface area contributed by atoms with Gasteiger partial charge in [0.2, 0.25) is 17.7 Å². The van der Waals surface area contributed by atoms with Crippen LogP contribution >= 0.6 is 11.3 Å². The van der Waals surface area contributed by atoms with Crippen LogP contribution in [0.2, 0.25) is 0 Å². The molecule has 1 saturated heterocycles. The van der Waals surface area contributed by atoms with E-state index < -0.39 is 35.4 Å². The number of aryl methyl sites for hydroxylation is 2. The van der Waals surface area contributed by atoms with Gasteiger partial charge in [0.1, 0.15) is 24.2 Å². The molecule has 0 spiro atoms. The Balaban J connectivity index is 0.813. The predicted molar refractivity (Wildman–Crippen MR) is 290 cm³/mol. The van der Waals surface area contributed by atoms with Crippen molar-refractivity contribution in [1.82, 2.24) is 61.1 Å². The molecule has 76 heavy (non-hydrogen) atoms. The summed E-state index contributed by atoms with van der Waals surface area (Å²) >= 11 is 1.57. The Kier molecular flexibility index (Phi) is 18.8. The third kappa shape index (κ3) is 14.3. The van der Waals surface area contributed by atoms with Crippen LogP contribution in [0.4, 0.5) is 23.0 Å². The SMILES string of the molecule is CNC(=O)c1nnc(Nc2ccc(C(=O)NCCCCCCCCC(=O)NC(C(=O)N3C[C@H](O)C[C@H]3C(=O)N[C@@H](C)c3ccc(-c4scnc4C)cc3)C(C)(C)C)cn2)cc1Nc1cccc(-c2ncn(C)n2)c1OC. The molecular formula is C54H68N14O7S. The van der Waals surface area contributed by atoms with Gasteiger partial charge in [0.15, 0.2) is 23.1 Å². The van der Waals surface area contributed by atoms with Crippen molar-refractivity contribution in [3.8, 4) is 27.6 Å². The van der Waals surface area contributed by atoms with E-state index >= 15 is 0 Å². The number of amides is 5. The summed E-state index contributed by atoms with van der Waals surface area (Å²) in [5.74, 6) is -0.0944. The van der Waals surface area contributed by atoms with Crippen LogP contribution in [-0.4, -0.2) is 120 Å². The standard InChI is InChI=1S/C54H68N14O7S/c1-32(34-19-21-35(22-20-34)47-33(2)59-31-76-47)60-51(72)41-26-37(69)29-68(41)53(74)48(54(3,4)5)63-44(70)18-13-11-9-10-12-14-25-56-50(71)36-23-24-42(57-28-36)62-43-27-40(45(65-64-43)52(73)55-6)61-39-17-15-16-38(46(39)75-8)49-58-30-67(7)66-49/h15-17,19-24,27-28,30-32,37,41,48,69H,9-14,18,25-26,29H2,1-8H3,(H,55,73)(H,56,71)(H,60,72)(H,63,70)(H2,57,61,62,64)/t32-,37+,41-,48?/m0/s1. The number of anilines is 4. The highest BCUT2D eigenvalue weighted by Gasteiger charge is 2.44. The van der Waals surface area contributed by atoms with E-state index in [0.29, 0.717) is 52.9 Å². The second kappa shape index (κ2) is 25.6. The highest BCUT2D eigenvalue weighted by Crippen LogP contribution is 2.37.